The van der Waals surface area contributed by atoms with Gasteiger partial charge in [0.1, 0.15) is 17.6 Å². The van der Waals surface area contributed by atoms with E-state index in [1.165, 1.54) is 0 Å². The largest absolute Gasteiger partial charge is 0.507 e. The third-order valence-corrected chi connectivity index (χ3v) is 7.59. The number of fused-ring (bicyclic) bond motifs is 1. The van der Waals surface area contributed by atoms with Gasteiger partial charge in [0.25, 0.3) is 11.7 Å². The Kier molecular flexibility index (Phi) is 8.61. The van der Waals surface area contributed by atoms with Crippen molar-refractivity contribution in [3.8, 4) is 17.2 Å². The molecule has 9 nitrogen and oxygen atoms in total. The second-order valence-corrected chi connectivity index (χ2v) is 10.6. The fraction of sp³-hybridized carbons (Fsp3) is 0.406. The molecule has 0 saturated carbocycles. The van der Waals surface area contributed by atoms with Crippen molar-refractivity contribution in [2.24, 2.45) is 0 Å². The third-order valence-electron chi connectivity index (χ3n) is 7.59. The van der Waals surface area contributed by atoms with Crippen LogP contribution in [-0.2, 0) is 22.6 Å². The minimum atomic E-state index is -0.788. The van der Waals surface area contributed by atoms with Crippen molar-refractivity contribution < 1.29 is 28.9 Å². The number of likely N-dealkylation sites (tertiary alicyclic amines) is 1. The summed E-state index contributed by atoms with van der Waals surface area (Å²) in [5.41, 5.74) is 2.15. The third kappa shape index (κ3) is 5.94. The van der Waals surface area contributed by atoms with Crippen LogP contribution in [0.3, 0.4) is 0 Å². The Hall–Kier alpha value is -4.27. The van der Waals surface area contributed by atoms with Crippen LogP contribution in [0.5, 0.6) is 17.2 Å². The molecule has 1 N–H and O–H groups in total. The van der Waals surface area contributed by atoms with E-state index in [1.54, 1.807) is 48.8 Å². The molecule has 1 saturated heterocycles. The van der Waals surface area contributed by atoms with Crippen LogP contribution in [0.15, 0.2) is 60.7 Å². The number of rotatable bonds is 12. The number of aliphatic hydroxyl groups excluding tert-OH is 1. The summed E-state index contributed by atoms with van der Waals surface area (Å²) in [6.45, 7) is 5.64. The lowest BCUT2D eigenvalue weighted by Crippen LogP contribution is -2.31. The number of carbonyl (C=O) groups is 2. The number of benzene rings is 2. The van der Waals surface area contributed by atoms with Crippen molar-refractivity contribution in [1.29, 1.82) is 0 Å². The van der Waals surface area contributed by atoms with Gasteiger partial charge in [-0.05, 0) is 61.2 Å². The Labute approximate surface area is 240 Å². The van der Waals surface area contributed by atoms with E-state index in [-0.39, 0.29) is 17.4 Å². The fourth-order valence-electron chi connectivity index (χ4n) is 5.53. The summed E-state index contributed by atoms with van der Waals surface area (Å²) in [6.07, 6.45) is 9.72. The Morgan fingerprint density at radius 3 is 2.71 bits per heavy atom. The maximum Gasteiger partial charge on any atom is 0.295 e. The summed E-state index contributed by atoms with van der Waals surface area (Å²) in [4.78, 5) is 32.5. The van der Waals surface area contributed by atoms with Crippen molar-refractivity contribution in [1.82, 2.24) is 14.5 Å². The minimum Gasteiger partial charge on any atom is -0.507 e. The normalized spacial score (nSPS) is 19.3. The molecule has 1 amide bonds. The number of nitrogens with zero attached hydrogens (tertiary/aromatic N) is 3. The van der Waals surface area contributed by atoms with Crippen LogP contribution < -0.4 is 14.2 Å². The van der Waals surface area contributed by atoms with E-state index in [4.69, 9.17) is 14.2 Å². The Bertz CT molecular complexity index is 1430. The number of aliphatic hydroxyl groups is 1. The predicted octanol–water partition coefficient (Wildman–Crippen LogP) is 5.30. The molecule has 2 aliphatic rings. The number of methoxy groups -OCH3 is 1. The lowest BCUT2D eigenvalue weighted by atomic mass is 9.94. The van der Waals surface area contributed by atoms with Gasteiger partial charge in [0, 0.05) is 37.5 Å². The monoisotopic (exact) mass is 559 g/mol. The zero-order valence-corrected chi connectivity index (χ0v) is 23.8. The molecular weight excluding hydrogens is 522 g/mol. The first-order chi connectivity index (χ1) is 19.9. The summed E-state index contributed by atoms with van der Waals surface area (Å²) in [6, 6.07) is 10.0. The molecule has 0 bridgehead atoms. The van der Waals surface area contributed by atoms with Gasteiger partial charge >= 0.3 is 0 Å². The minimum absolute atomic E-state index is 0.0404. The molecule has 3 aromatic rings. The fourth-order valence-corrected chi connectivity index (χ4v) is 5.53. The maximum atomic E-state index is 13.5. The van der Waals surface area contributed by atoms with Crippen LogP contribution in [0.25, 0.3) is 5.76 Å². The van der Waals surface area contributed by atoms with E-state index >= 15 is 0 Å². The first kappa shape index (κ1) is 28.3. The van der Waals surface area contributed by atoms with Crippen molar-refractivity contribution in [2.45, 2.75) is 64.6 Å². The van der Waals surface area contributed by atoms with Crippen LogP contribution in [0.1, 0.15) is 62.3 Å². The topological polar surface area (TPSA) is 103 Å². The molecule has 216 valence electrons. The first-order valence-corrected chi connectivity index (χ1v) is 14.3. The van der Waals surface area contributed by atoms with Crippen LogP contribution in [0.4, 0.5) is 0 Å². The van der Waals surface area contributed by atoms with Gasteiger partial charge in [-0.2, -0.15) is 0 Å². The Morgan fingerprint density at radius 1 is 1.10 bits per heavy atom. The lowest BCUT2D eigenvalue weighted by molar-refractivity contribution is -0.139. The maximum absolute atomic E-state index is 13.5. The standard InChI is InChI=1S/C32H37N3O6/c1-4-5-6-16-40-26-11-8-22(19-27(26)39-3)29-28(30(36)23-9-10-25-24(18-23)17-21(2)41-25)31(37)32(38)35(29)14-7-13-34-15-12-33-20-34/h8-12,15,18-21,29,36H,4-7,13-14,16-17H2,1-3H3/b30-28+/t21-,29+/m1/s1. The van der Waals surface area contributed by atoms with Crippen molar-refractivity contribution in [3.05, 3.63) is 77.4 Å². The quantitative estimate of drug-likeness (QED) is 0.139. The molecular formula is C32H37N3O6. The molecule has 0 radical (unpaired) electrons. The number of ketones is 1. The highest BCUT2D eigenvalue weighted by molar-refractivity contribution is 6.46. The molecule has 9 heteroatoms. The van der Waals surface area contributed by atoms with Gasteiger partial charge in [-0.3, -0.25) is 9.59 Å². The number of unbranched alkanes of at least 4 members (excludes halogenated alkanes) is 2. The summed E-state index contributed by atoms with van der Waals surface area (Å²) in [7, 11) is 1.56. The average molecular weight is 560 g/mol. The van der Waals surface area contributed by atoms with E-state index in [2.05, 4.69) is 11.9 Å². The summed E-state index contributed by atoms with van der Waals surface area (Å²) in [5, 5.41) is 11.5. The lowest BCUT2D eigenvalue weighted by Gasteiger charge is -2.26. The van der Waals surface area contributed by atoms with Crippen molar-refractivity contribution in [2.75, 3.05) is 20.3 Å². The molecule has 3 heterocycles. The number of aromatic nitrogens is 2. The highest BCUT2D eigenvalue weighted by Gasteiger charge is 2.46. The van der Waals surface area contributed by atoms with Gasteiger partial charge in [0.2, 0.25) is 0 Å². The number of amides is 1. The molecule has 2 atom stereocenters. The Morgan fingerprint density at radius 2 is 1.95 bits per heavy atom. The highest BCUT2D eigenvalue weighted by atomic mass is 16.5. The van der Waals surface area contributed by atoms with Gasteiger partial charge in [-0.25, -0.2) is 4.98 Å². The van der Waals surface area contributed by atoms with E-state index in [1.807, 2.05) is 29.8 Å². The van der Waals surface area contributed by atoms with E-state index in [0.29, 0.717) is 55.2 Å². The summed E-state index contributed by atoms with van der Waals surface area (Å²) >= 11 is 0. The molecule has 0 aliphatic carbocycles. The summed E-state index contributed by atoms with van der Waals surface area (Å²) in [5.74, 6) is 0.318. The van der Waals surface area contributed by atoms with Crippen LogP contribution in [0.2, 0.25) is 0 Å². The molecule has 1 aromatic heterocycles. The van der Waals surface area contributed by atoms with Crippen LogP contribution >= 0.6 is 0 Å². The predicted molar refractivity (Wildman–Crippen MR) is 154 cm³/mol. The summed E-state index contributed by atoms with van der Waals surface area (Å²) < 4.78 is 19.3. The SMILES string of the molecule is CCCCCOc1ccc([C@H]2/C(=C(\O)c3ccc4c(c3)C[C@@H](C)O4)C(=O)C(=O)N2CCCn2ccnc2)cc1OC. The number of carbonyl (C=O) groups excluding carboxylic acids is 2. The number of hydrogen-bond donors (Lipinski definition) is 1. The smallest absolute Gasteiger partial charge is 0.295 e. The first-order valence-electron chi connectivity index (χ1n) is 14.3. The number of aryl methyl sites for hydroxylation is 1. The van der Waals surface area contributed by atoms with E-state index < -0.39 is 17.7 Å². The average Bonchev–Trinajstić information content (AvgIpc) is 3.69. The molecule has 2 aromatic carbocycles. The molecule has 41 heavy (non-hydrogen) atoms. The molecule has 1 fully saturated rings. The second-order valence-electron chi connectivity index (χ2n) is 10.6. The molecule has 0 unspecified atom stereocenters. The second kappa shape index (κ2) is 12.5. The molecule has 0 spiro atoms. The molecule has 2 aliphatic heterocycles. The number of Topliss-reactive ketones (excluding diaryl/α,β-unsaturated/α-hetero) is 1. The van der Waals surface area contributed by atoms with Gasteiger partial charge < -0.3 is 28.8 Å². The van der Waals surface area contributed by atoms with Gasteiger partial charge in [0.15, 0.2) is 11.5 Å². The highest BCUT2D eigenvalue weighted by Crippen LogP contribution is 2.43. The Balaban J connectivity index is 1.51. The van der Waals surface area contributed by atoms with E-state index in [0.717, 1.165) is 30.6 Å². The van der Waals surface area contributed by atoms with Gasteiger partial charge in [-0.15, -0.1) is 0 Å². The number of imidazole rings is 1. The van der Waals surface area contributed by atoms with Gasteiger partial charge in [-0.1, -0.05) is 25.8 Å². The van der Waals surface area contributed by atoms with Crippen molar-refractivity contribution >= 4 is 17.4 Å². The van der Waals surface area contributed by atoms with Gasteiger partial charge in [0.05, 0.1) is 31.7 Å². The van der Waals surface area contributed by atoms with E-state index in [9.17, 15) is 14.7 Å². The zero-order valence-electron chi connectivity index (χ0n) is 23.8. The zero-order chi connectivity index (χ0) is 28.9. The number of hydrogen-bond acceptors (Lipinski definition) is 7. The van der Waals surface area contributed by atoms with Crippen LogP contribution in [0, 0.1) is 0 Å². The number of ether oxygens (including phenoxy) is 3. The van der Waals surface area contributed by atoms with Crippen LogP contribution in [-0.4, -0.2) is 57.6 Å². The van der Waals surface area contributed by atoms with Crippen molar-refractivity contribution in [3.63, 3.8) is 0 Å². The molecule has 5 rings (SSSR count).